The molecule has 4 heterocycles. The molecule has 0 spiro atoms. The van der Waals surface area contributed by atoms with Crippen molar-refractivity contribution in [2.75, 3.05) is 19.4 Å². The lowest BCUT2D eigenvalue weighted by Gasteiger charge is -2.30. The second-order valence-corrected chi connectivity index (χ2v) is 13.2. The second kappa shape index (κ2) is 11.9. The summed E-state index contributed by atoms with van der Waals surface area (Å²) in [5.41, 5.74) is 1.74. The molecule has 224 valence electrons. The topological polar surface area (TPSA) is 124 Å². The minimum atomic E-state index is -0.885. The maximum Gasteiger partial charge on any atom is 0.408 e. The van der Waals surface area contributed by atoms with Gasteiger partial charge in [0.2, 0.25) is 16.8 Å². The van der Waals surface area contributed by atoms with Gasteiger partial charge < -0.3 is 24.1 Å². The Hall–Kier alpha value is -4.10. The quantitative estimate of drug-likeness (QED) is 0.209. The minimum Gasteiger partial charge on any atom is -0.489 e. The fraction of sp³-hybridized carbons (Fsp3) is 0.367. The van der Waals surface area contributed by atoms with Crippen LogP contribution in [0.25, 0.3) is 27.6 Å². The molecule has 0 unspecified atom stereocenters. The third-order valence-electron chi connectivity index (χ3n) is 6.93. The van der Waals surface area contributed by atoms with Crippen LogP contribution in [-0.2, 0) is 9.53 Å². The van der Waals surface area contributed by atoms with E-state index in [4.69, 9.17) is 18.9 Å². The fourth-order valence-electron chi connectivity index (χ4n) is 5.03. The average Bonchev–Trinajstić information content (AvgIpc) is 3.76. The Kier molecular flexibility index (Phi) is 8.01. The van der Waals surface area contributed by atoms with Gasteiger partial charge in [0.15, 0.2) is 15.4 Å². The number of likely N-dealkylation sites (tertiary alicyclic amines) is 1. The summed E-state index contributed by atoms with van der Waals surface area (Å²) in [5, 5.41) is 7.27. The first-order valence-electron chi connectivity index (χ1n) is 14.0. The van der Waals surface area contributed by atoms with E-state index in [1.165, 1.54) is 11.3 Å². The van der Waals surface area contributed by atoms with Crippen LogP contribution in [0.5, 0.6) is 5.75 Å². The number of para-hydroxylation sites is 1. The Morgan fingerprint density at radius 1 is 1.16 bits per heavy atom. The van der Waals surface area contributed by atoms with Gasteiger partial charge in [-0.1, -0.05) is 59.5 Å². The molecule has 0 radical (unpaired) electrons. The number of nitrogens with one attached hydrogen (secondary N) is 1. The predicted molar refractivity (Wildman–Crippen MR) is 164 cm³/mol. The normalized spacial score (nSPS) is 16.1. The summed E-state index contributed by atoms with van der Waals surface area (Å²) in [4.78, 5) is 38.4. The molecular weight excluding hydrogens is 589 g/mol. The number of carbonyl (C=O) groups is 2. The number of thioether (sulfide) groups is 1. The van der Waals surface area contributed by atoms with Crippen LogP contribution in [0.1, 0.15) is 45.2 Å². The Morgan fingerprint density at radius 2 is 1.98 bits per heavy atom. The van der Waals surface area contributed by atoms with Crippen LogP contribution in [0, 0.1) is 0 Å². The first kappa shape index (κ1) is 29.0. The molecule has 3 aromatic heterocycles. The van der Waals surface area contributed by atoms with E-state index in [0.29, 0.717) is 40.5 Å². The third kappa shape index (κ3) is 6.32. The molecule has 2 atom stereocenters. The molecule has 0 bridgehead atoms. The summed E-state index contributed by atoms with van der Waals surface area (Å²) in [5.74, 6) is 0.733. The van der Waals surface area contributed by atoms with Crippen LogP contribution in [0.4, 0.5) is 4.79 Å². The van der Waals surface area contributed by atoms with Crippen molar-refractivity contribution in [2.24, 2.45) is 0 Å². The average molecular weight is 621 g/mol. The number of aromatic nitrogens is 4. The lowest BCUT2D eigenvalue weighted by atomic mass is 10.1. The number of ether oxygens (including phenoxy) is 2. The number of hydrogen-bond donors (Lipinski definition) is 1. The standard InChI is InChI=1S/C30H32N6O5S2/c1-30(2,3)41-28(38)33-23(18-10-6-5-7-11-18)26(37)35-15-9-12-19(35)17-39-21-13-8-14-22-24(21)32-25(40-22)20-16-36-27(31-20)43-29(34-36)42-4/h5-8,10-11,13-14,16,19,23H,9,12,15,17H2,1-4H3,(H,33,38)/t19-,23+/m0/s1. The zero-order valence-corrected chi connectivity index (χ0v) is 25.9. The van der Waals surface area contributed by atoms with E-state index in [1.807, 2.05) is 54.8 Å². The summed E-state index contributed by atoms with van der Waals surface area (Å²) in [6.07, 6.45) is 4.73. The molecule has 1 aliphatic heterocycles. The van der Waals surface area contributed by atoms with Crippen LogP contribution in [0.3, 0.4) is 0 Å². The molecule has 13 heteroatoms. The number of alkyl carbamates (subject to hydrolysis) is 1. The molecular formula is C30H32N6O5S2. The van der Waals surface area contributed by atoms with Crippen LogP contribution in [0.15, 0.2) is 63.5 Å². The van der Waals surface area contributed by atoms with Crippen LogP contribution in [-0.4, -0.2) is 67.5 Å². The number of fused-ring (bicyclic) bond motifs is 2. The fourth-order valence-corrected chi connectivity index (χ4v) is 6.37. The number of imidazole rings is 1. The molecule has 43 heavy (non-hydrogen) atoms. The lowest BCUT2D eigenvalue weighted by molar-refractivity contribution is -0.135. The molecule has 0 saturated carbocycles. The number of benzene rings is 2. The van der Waals surface area contributed by atoms with Gasteiger partial charge in [-0.15, -0.1) is 5.10 Å². The first-order valence-corrected chi connectivity index (χ1v) is 16.0. The highest BCUT2D eigenvalue weighted by atomic mass is 32.2. The van der Waals surface area contributed by atoms with Crippen molar-refractivity contribution in [2.45, 2.75) is 55.6 Å². The molecule has 5 aromatic rings. The Balaban J connectivity index is 1.19. The second-order valence-electron chi connectivity index (χ2n) is 11.2. The Bertz CT molecular complexity index is 1730. The summed E-state index contributed by atoms with van der Waals surface area (Å²) in [7, 11) is 0. The smallest absolute Gasteiger partial charge is 0.408 e. The molecule has 1 aliphatic rings. The Labute approximate surface area is 256 Å². The predicted octanol–water partition coefficient (Wildman–Crippen LogP) is 5.96. The zero-order valence-electron chi connectivity index (χ0n) is 24.3. The van der Waals surface area contributed by atoms with E-state index < -0.39 is 17.7 Å². The van der Waals surface area contributed by atoms with Crippen molar-refractivity contribution < 1.29 is 23.5 Å². The number of nitrogens with zero attached hydrogens (tertiary/aromatic N) is 5. The highest BCUT2D eigenvalue weighted by molar-refractivity contribution is 8.00. The van der Waals surface area contributed by atoms with Crippen molar-refractivity contribution in [3.05, 3.63) is 60.3 Å². The van der Waals surface area contributed by atoms with Crippen molar-refractivity contribution in [3.8, 4) is 17.3 Å². The van der Waals surface area contributed by atoms with Gasteiger partial charge in [-0.25, -0.2) is 19.3 Å². The number of oxazole rings is 1. The maximum atomic E-state index is 13.9. The number of rotatable bonds is 8. The molecule has 2 aromatic carbocycles. The highest BCUT2D eigenvalue weighted by Crippen LogP contribution is 2.32. The lowest BCUT2D eigenvalue weighted by Crippen LogP contribution is -2.47. The van der Waals surface area contributed by atoms with Gasteiger partial charge in [0, 0.05) is 6.54 Å². The third-order valence-corrected chi connectivity index (χ3v) is 8.83. The van der Waals surface area contributed by atoms with Gasteiger partial charge in [0.05, 0.1) is 12.2 Å². The number of amides is 2. The minimum absolute atomic E-state index is 0.183. The number of hydrogen-bond acceptors (Lipinski definition) is 10. The summed E-state index contributed by atoms with van der Waals surface area (Å²) in [6, 6.07) is 13.7. The van der Waals surface area contributed by atoms with Crippen LogP contribution < -0.4 is 10.1 Å². The van der Waals surface area contributed by atoms with E-state index in [1.54, 1.807) is 48.1 Å². The van der Waals surface area contributed by atoms with Crippen molar-refractivity contribution >= 4 is 51.2 Å². The van der Waals surface area contributed by atoms with Gasteiger partial charge in [0.1, 0.15) is 29.7 Å². The molecule has 1 fully saturated rings. The maximum absolute atomic E-state index is 13.9. The SMILES string of the molecule is CSc1nn2cc(-c3nc4c(OC[C@@H]5CCCN5C(=O)[C@H](NC(=O)OC(C)(C)C)c5ccccc5)cccc4o3)nc2s1. The highest BCUT2D eigenvalue weighted by Gasteiger charge is 2.36. The largest absolute Gasteiger partial charge is 0.489 e. The number of carbonyl (C=O) groups excluding carboxylic acids is 2. The Morgan fingerprint density at radius 3 is 2.72 bits per heavy atom. The van der Waals surface area contributed by atoms with E-state index in [-0.39, 0.29) is 18.6 Å². The molecule has 6 rings (SSSR count). The van der Waals surface area contributed by atoms with Gasteiger partial charge in [-0.05, 0) is 57.6 Å². The van der Waals surface area contributed by atoms with Gasteiger partial charge >= 0.3 is 6.09 Å². The summed E-state index contributed by atoms with van der Waals surface area (Å²) in [6.45, 7) is 6.19. The van der Waals surface area contributed by atoms with Crippen molar-refractivity contribution in [1.29, 1.82) is 0 Å². The van der Waals surface area contributed by atoms with E-state index in [2.05, 4.69) is 15.4 Å². The first-order chi connectivity index (χ1) is 20.7. The van der Waals surface area contributed by atoms with E-state index in [9.17, 15) is 9.59 Å². The molecule has 0 aliphatic carbocycles. The molecule has 11 nitrogen and oxygen atoms in total. The van der Waals surface area contributed by atoms with Crippen molar-refractivity contribution in [1.82, 2.24) is 29.8 Å². The summed E-state index contributed by atoms with van der Waals surface area (Å²) >= 11 is 3.07. The van der Waals surface area contributed by atoms with E-state index >= 15 is 0 Å². The zero-order chi connectivity index (χ0) is 30.1. The molecule has 1 saturated heterocycles. The van der Waals surface area contributed by atoms with Crippen LogP contribution in [0.2, 0.25) is 0 Å². The van der Waals surface area contributed by atoms with Gasteiger partial charge in [-0.3, -0.25) is 4.79 Å². The van der Waals surface area contributed by atoms with E-state index in [0.717, 1.165) is 22.1 Å². The van der Waals surface area contributed by atoms with Gasteiger partial charge in [0.25, 0.3) is 0 Å². The van der Waals surface area contributed by atoms with Crippen molar-refractivity contribution in [3.63, 3.8) is 0 Å². The molecule has 1 N–H and O–H groups in total. The van der Waals surface area contributed by atoms with Gasteiger partial charge in [-0.2, -0.15) is 0 Å². The summed E-state index contributed by atoms with van der Waals surface area (Å²) < 4.78 is 20.4. The monoisotopic (exact) mass is 620 g/mol. The molecule has 2 amide bonds. The van der Waals surface area contributed by atoms with Crippen LogP contribution >= 0.6 is 23.1 Å².